The Labute approximate surface area is 112 Å². The van der Waals surface area contributed by atoms with Crippen LogP contribution in [0.2, 0.25) is 0 Å². The van der Waals surface area contributed by atoms with Gasteiger partial charge in [0.15, 0.2) is 0 Å². The Kier molecular flexibility index (Phi) is 7.15. The van der Waals surface area contributed by atoms with Gasteiger partial charge in [-0.2, -0.15) is 0 Å². The molecule has 0 aliphatic carbocycles. The van der Waals surface area contributed by atoms with Gasteiger partial charge in [-0.3, -0.25) is 0 Å². The fraction of sp³-hybridized carbons (Fsp3) is 1.00. The lowest BCUT2D eigenvalue weighted by molar-refractivity contribution is 0.127. The molecule has 0 unspecified atom stereocenters. The summed E-state index contributed by atoms with van der Waals surface area (Å²) in [7, 11) is 0. The molecular formula is C14H31N3O. The molecule has 4 nitrogen and oxygen atoms in total. The average molecular weight is 257 g/mol. The quantitative estimate of drug-likeness (QED) is 0.563. The second-order valence-corrected chi connectivity index (χ2v) is 6.04. The number of aliphatic hydroxyl groups excluding tert-OH is 1. The van der Waals surface area contributed by atoms with Crippen molar-refractivity contribution in [1.29, 1.82) is 0 Å². The summed E-state index contributed by atoms with van der Waals surface area (Å²) in [6.07, 6.45) is 4.21. The number of likely N-dealkylation sites (tertiary alicyclic amines) is 1. The van der Waals surface area contributed by atoms with Crippen LogP contribution in [0.3, 0.4) is 0 Å². The third kappa shape index (κ3) is 5.22. The van der Waals surface area contributed by atoms with Crippen LogP contribution in [-0.4, -0.2) is 54.9 Å². The van der Waals surface area contributed by atoms with Crippen LogP contribution in [-0.2, 0) is 0 Å². The summed E-state index contributed by atoms with van der Waals surface area (Å²) < 4.78 is 0. The van der Waals surface area contributed by atoms with Gasteiger partial charge in [0.1, 0.15) is 0 Å². The lowest BCUT2D eigenvalue weighted by Gasteiger charge is -2.42. The van der Waals surface area contributed by atoms with E-state index < -0.39 is 0 Å². The molecule has 0 spiro atoms. The predicted octanol–water partition coefficient (Wildman–Crippen LogP) is 0.798. The molecular weight excluding hydrogens is 226 g/mol. The first kappa shape index (κ1) is 15.9. The number of nitrogens with two attached hydrogens (primary N) is 1. The highest BCUT2D eigenvalue weighted by Gasteiger charge is 2.32. The summed E-state index contributed by atoms with van der Waals surface area (Å²) in [6.45, 7) is 10.1. The number of nitrogens with zero attached hydrogens (tertiary/aromatic N) is 1. The Hall–Kier alpha value is -0.160. The lowest BCUT2D eigenvalue weighted by atomic mass is 9.87. The summed E-state index contributed by atoms with van der Waals surface area (Å²) in [5.74, 6) is 0.743. The van der Waals surface area contributed by atoms with Crippen LogP contribution in [0.1, 0.15) is 39.5 Å². The second-order valence-electron chi connectivity index (χ2n) is 6.04. The molecule has 108 valence electrons. The minimum Gasteiger partial charge on any atom is -0.396 e. The number of nitrogens with one attached hydrogen (secondary N) is 1. The van der Waals surface area contributed by atoms with Gasteiger partial charge in [0.25, 0.3) is 0 Å². The summed E-state index contributed by atoms with van der Waals surface area (Å²) in [6, 6.07) is 0. The molecule has 0 aromatic heterocycles. The molecule has 1 saturated heterocycles. The molecule has 0 atom stereocenters. The van der Waals surface area contributed by atoms with E-state index in [1.54, 1.807) is 0 Å². The van der Waals surface area contributed by atoms with Crippen molar-refractivity contribution >= 4 is 0 Å². The fourth-order valence-electron chi connectivity index (χ4n) is 2.72. The molecule has 0 saturated carbocycles. The van der Waals surface area contributed by atoms with Crippen molar-refractivity contribution in [1.82, 2.24) is 10.2 Å². The van der Waals surface area contributed by atoms with Crippen LogP contribution in [0.4, 0.5) is 0 Å². The number of hydrogen-bond acceptors (Lipinski definition) is 4. The second kappa shape index (κ2) is 8.10. The molecule has 0 bridgehead atoms. The maximum Gasteiger partial charge on any atom is 0.0431 e. The Balaban J connectivity index is 2.30. The van der Waals surface area contributed by atoms with Crippen molar-refractivity contribution in [3.05, 3.63) is 0 Å². The molecule has 18 heavy (non-hydrogen) atoms. The van der Waals surface area contributed by atoms with E-state index in [0.29, 0.717) is 6.61 Å². The smallest absolute Gasteiger partial charge is 0.0431 e. The summed E-state index contributed by atoms with van der Waals surface area (Å²) in [4.78, 5) is 2.55. The van der Waals surface area contributed by atoms with Gasteiger partial charge in [-0.05, 0) is 51.2 Å². The maximum atomic E-state index is 8.78. The van der Waals surface area contributed by atoms with E-state index in [0.717, 1.165) is 57.8 Å². The SMILES string of the molecule is CC(C)CN1CCC(CN)(NCCCCO)CC1. The molecule has 4 N–H and O–H groups in total. The summed E-state index contributed by atoms with van der Waals surface area (Å²) >= 11 is 0. The average Bonchev–Trinajstić information content (AvgIpc) is 2.36. The third-order valence-corrected chi connectivity index (χ3v) is 3.91. The molecule has 0 aromatic rings. The molecule has 4 heteroatoms. The molecule has 0 aromatic carbocycles. The fourth-order valence-corrected chi connectivity index (χ4v) is 2.72. The third-order valence-electron chi connectivity index (χ3n) is 3.91. The zero-order chi connectivity index (χ0) is 13.4. The van der Waals surface area contributed by atoms with E-state index in [9.17, 15) is 0 Å². The van der Waals surface area contributed by atoms with E-state index in [2.05, 4.69) is 24.1 Å². The van der Waals surface area contributed by atoms with Crippen molar-refractivity contribution in [2.75, 3.05) is 39.3 Å². The molecule has 1 aliphatic heterocycles. The zero-order valence-corrected chi connectivity index (χ0v) is 12.1. The minimum absolute atomic E-state index is 0.142. The largest absolute Gasteiger partial charge is 0.396 e. The van der Waals surface area contributed by atoms with Crippen molar-refractivity contribution in [2.24, 2.45) is 11.7 Å². The van der Waals surface area contributed by atoms with Gasteiger partial charge in [-0.15, -0.1) is 0 Å². The van der Waals surface area contributed by atoms with Gasteiger partial charge >= 0.3 is 0 Å². The van der Waals surface area contributed by atoms with Gasteiger partial charge in [-0.25, -0.2) is 0 Å². The number of aliphatic hydroxyl groups is 1. The van der Waals surface area contributed by atoms with Gasteiger partial charge < -0.3 is 21.1 Å². The number of hydrogen-bond donors (Lipinski definition) is 3. The topological polar surface area (TPSA) is 61.5 Å². The molecule has 0 radical (unpaired) electrons. The van der Waals surface area contributed by atoms with E-state index in [-0.39, 0.29) is 5.54 Å². The van der Waals surface area contributed by atoms with E-state index >= 15 is 0 Å². The maximum absolute atomic E-state index is 8.78. The van der Waals surface area contributed by atoms with E-state index in [1.807, 2.05) is 0 Å². The van der Waals surface area contributed by atoms with Crippen LogP contribution in [0, 0.1) is 5.92 Å². The van der Waals surface area contributed by atoms with Gasteiger partial charge in [0, 0.05) is 25.2 Å². The van der Waals surface area contributed by atoms with E-state index in [1.165, 1.54) is 6.54 Å². The lowest BCUT2D eigenvalue weighted by Crippen LogP contribution is -2.58. The minimum atomic E-state index is 0.142. The van der Waals surface area contributed by atoms with Crippen molar-refractivity contribution in [2.45, 2.75) is 45.1 Å². The van der Waals surface area contributed by atoms with Crippen molar-refractivity contribution in [3.8, 4) is 0 Å². The summed E-state index contributed by atoms with van der Waals surface area (Å²) in [5.41, 5.74) is 6.11. The highest BCUT2D eigenvalue weighted by atomic mass is 16.2. The van der Waals surface area contributed by atoms with Gasteiger partial charge in [0.2, 0.25) is 0 Å². The zero-order valence-electron chi connectivity index (χ0n) is 12.1. The molecule has 1 fully saturated rings. The number of piperidine rings is 1. The first-order valence-corrected chi connectivity index (χ1v) is 7.40. The number of unbranched alkanes of at least 4 members (excludes halogenated alkanes) is 1. The Bertz CT molecular complexity index is 213. The normalized spacial score (nSPS) is 20.5. The van der Waals surface area contributed by atoms with Crippen LogP contribution in [0.5, 0.6) is 0 Å². The Morgan fingerprint density at radius 3 is 2.44 bits per heavy atom. The molecule has 1 heterocycles. The van der Waals surface area contributed by atoms with Crippen molar-refractivity contribution < 1.29 is 5.11 Å². The van der Waals surface area contributed by atoms with Crippen LogP contribution in [0.25, 0.3) is 0 Å². The van der Waals surface area contributed by atoms with Crippen molar-refractivity contribution in [3.63, 3.8) is 0 Å². The van der Waals surface area contributed by atoms with Crippen LogP contribution in [0.15, 0.2) is 0 Å². The Morgan fingerprint density at radius 1 is 1.28 bits per heavy atom. The Morgan fingerprint density at radius 2 is 1.94 bits per heavy atom. The summed E-state index contributed by atoms with van der Waals surface area (Å²) in [5, 5.41) is 12.4. The number of rotatable bonds is 8. The first-order valence-electron chi connectivity index (χ1n) is 7.40. The van der Waals surface area contributed by atoms with Crippen LogP contribution < -0.4 is 11.1 Å². The molecule has 0 amide bonds. The first-order chi connectivity index (χ1) is 8.62. The molecule has 1 aliphatic rings. The highest BCUT2D eigenvalue weighted by molar-refractivity contribution is 4.94. The van der Waals surface area contributed by atoms with Gasteiger partial charge in [0.05, 0.1) is 0 Å². The standard InChI is InChI=1S/C14H31N3O/c1-13(2)11-17-8-5-14(12-15,6-9-17)16-7-3-4-10-18/h13,16,18H,3-12,15H2,1-2H3. The molecule has 1 rings (SSSR count). The van der Waals surface area contributed by atoms with E-state index in [4.69, 9.17) is 10.8 Å². The van der Waals surface area contributed by atoms with Crippen LogP contribution >= 0.6 is 0 Å². The monoisotopic (exact) mass is 257 g/mol. The van der Waals surface area contributed by atoms with Gasteiger partial charge in [-0.1, -0.05) is 13.8 Å². The highest BCUT2D eigenvalue weighted by Crippen LogP contribution is 2.22. The predicted molar refractivity (Wildman–Crippen MR) is 76.6 cm³/mol.